The van der Waals surface area contributed by atoms with Crippen molar-refractivity contribution in [1.29, 1.82) is 5.26 Å². The highest BCUT2D eigenvalue weighted by Crippen LogP contribution is 2.38. The van der Waals surface area contributed by atoms with Crippen LogP contribution in [0.5, 0.6) is 11.5 Å². The standard InChI is InChI=1S/C25H25N5O3S/c1-31-21-13-18-20(14-22(21)33-10-4-7-30-8-11-32-12-9-30)27-16-17(15-26)24(18)29-25-28-19-5-2-3-6-23(19)34-25/h2-3,5-6,13-14,16H,4,7-12H2,1H3,(H,27,28,29). The van der Waals surface area contributed by atoms with Gasteiger partial charge in [-0.3, -0.25) is 9.88 Å². The van der Waals surface area contributed by atoms with Gasteiger partial charge in [-0.1, -0.05) is 23.5 Å². The third kappa shape index (κ3) is 4.75. The summed E-state index contributed by atoms with van der Waals surface area (Å²) in [4.78, 5) is 11.5. The number of hydrogen-bond acceptors (Lipinski definition) is 9. The van der Waals surface area contributed by atoms with Crippen LogP contribution in [0.1, 0.15) is 12.0 Å². The molecule has 0 aliphatic carbocycles. The lowest BCUT2D eigenvalue weighted by molar-refractivity contribution is 0.0357. The molecule has 0 saturated carbocycles. The summed E-state index contributed by atoms with van der Waals surface area (Å²) in [7, 11) is 1.62. The molecule has 4 aromatic rings. The van der Waals surface area contributed by atoms with E-state index in [1.807, 2.05) is 36.4 Å². The molecule has 1 N–H and O–H groups in total. The van der Waals surface area contributed by atoms with Crippen molar-refractivity contribution in [2.45, 2.75) is 6.42 Å². The number of anilines is 2. The number of thiazole rings is 1. The first-order valence-electron chi connectivity index (χ1n) is 11.2. The minimum Gasteiger partial charge on any atom is -0.493 e. The van der Waals surface area contributed by atoms with Crippen LogP contribution in [0.4, 0.5) is 10.8 Å². The van der Waals surface area contributed by atoms with Gasteiger partial charge < -0.3 is 19.5 Å². The monoisotopic (exact) mass is 475 g/mol. The maximum atomic E-state index is 9.71. The number of nitriles is 1. The van der Waals surface area contributed by atoms with Crippen molar-refractivity contribution in [3.8, 4) is 17.6 Å². The van der Waals surface area contributed by atoms with E-state index in [1.165, 1.54) is 11.3 Å². The second kappa shape index (κ2) is 10.2. The molecule has 1 saturated heterocycles. The average molecular weight is 476 g/mol. The topological polar surface area (TPSA) is 92.5 Å². The Morgan fingerprint density at radius 1 is 1.18 bits per heavy atom. The fourth-order valence-corrected chi connectivity index (χ4v) is 4.89. The number of rotatable bonds is 8. The molecular formula is C25H25N5O3S. The van der Waals surface area contributed by atoms with Gasteiger partial charge in [-0.15, -0.1) is 0 Å². The number of para-hydroxylation sites is 1. The number of hydrogen-bond donors (Lipinski definition) is 1. The third-order valence-corrected chi connectivity index (χ3v) is 6.73. The summed E-state index contributed by atoms with van der Waals surface area (Å²) in [6, 6.07) is 13.9. The molecule has 0 spiro atoms. The first kappa shape index (κ1) is 22.3. The summed E-state index contributed by atoms with van der Waals surface area (Å²) in [6.45, 7) is 5.07. The molecule has 174 valence electrons. The highest BCUT2D eigenvalue weighted by molar-refractivity contribution is 7.22. The lowest BCUT2D eigenvalue weighted by Gasteiger charge is -2.26. The van der Waals surface area contributed by atoms with Gasteiger partial charge in [-0.05, 0) is 24.6 Å². The second-order valence-corrected chi connectivity index (χ2v) is 8.98. The molecule has 0 bridgehead atoms. The molecule has 1 fully saturated rings. The van der Waals surface area contributed by atoms with Gasteiger partial charge in [0.2, 0.25) is 0 Å². The van der Waals surface area contributed by atoms with E-state index < -0.39 is 0 Å². The summed E-state index contributed by atoms with van der Waals surface area (Å²) >= 11 is 1.54. The van der Waals surface area contributed by atoms with E-state index in [0.717, 1.165) is 54.9 Å². The molecule has 1 aliphatic rings. The van der Waals surface area contributed by atoms with Crippen LogP contribution in [0.15, 0.2) is 42.6 Å². The van der Waals surface area contributed by atoms with Crippen molar-refractivity contribution in [3.05, 3.63) is 48.2 Å². The van der Waals surface area contributed by atoms with Gasteiger partial charge >= 0.3 is 0 Å². The molecule has 0 unspecified atom stereocenters. The Hall–Kier alpha value is -3.45. The largest absolute Gasteiger partial charge is 0.493 e. The molecule has 9 heteroatoms. The predicted molar refractivity (Wildman–Crippen MR) is 133 cm³/mol. The molecule has 0 atom stereocenters. The Morgan fingerprint density at radius 3 is 2.82 bits per heavy atom. The van der Waals surface area contributed by atoms with Crippen LogP contribution in [0.3, 0.4) is 0 Å². The summed E-state index contributed by atoms with van der Waals surface area (Å²) in [5.74, 6) is 1.24. The SMILES string of the molecule is COc1cc2c(Nc3nc4ccccc4s3)c(C#N)cnc2cc1OCCCN1CCOCC1. The van der Waals surface area contributed by atoms with Gasteiger partial charge in [0, 0.05) is 37.3 Å². The van der Waals surface area contributed by atoms with Crippen molar-refractivity contribution in [2.24, 2.45) is 0 Å². The van der Waals surface area contributed by atoms with Crippen LogP contribution >= 0.6 is 11.3 Å². The molecule has 1 aliphatic heterocycles. The van der Waals surface area contributed by atoms with Crippen molar-refractivity contribution in [3.63, 3.8) is 0 Å². The maximum Gasteiger partial charge on any atom is 0.188 e. The van der Waals surface area contributed by atoms with E-state index in [4.69, 9.17) is 14.2 Å². The Bertz CT molecular complexity index is 1310. The van der Waals surface area contributed by atoms with Crippen molar-refractivity contribution >= 4 is 43.3 Å². The van der Waals surface area contributed by atoms with E-state index in [2.05, 4.69) is 26.3 Å². The van der Waals surface area contributed by atoms with Crippen LogP contribution < -0.4 is 14.8 Å². The summed E-state index contributed by atoms with van der Waals surface area (Å²) in [5.41, 5.74) is 2.72. The van der Waals surface area contributed by atoms with Crippen molar-refractivity contribution < 1.29 is 14.2 Å². The first-order chi connectivity index (χ1) is 16.7. The Labute approximate surface area is 201 Å². The quantitative estimate of drug-likeness (QED) is 0.371. The Morgan fingerprint density at radius 2 is 2.03 bits per heavy atom. The Balaban J connectivity index is 1.39. The summed E-state index contributed by atoms with van der Waals surface area (Å²) < 4.78 is 18.2. The summed E-state index contributed by atoms with van der Waals surface area (Å²) in [5, 5.41) is 14.6. The zero-order valence-electron chi connectivity index (χ0n) is 18.9. The maximum absolute atomic E-state index is 9.71. The van der Waals surface area contributed by atoms with Gasteiger partial charge in [0.05, 0.1) is 53.9 Å². The fraction of sp³-hybridized carbons (Fsp3) is 0.320. The van der Waals surface area contributed by atoms with E-state index in [9.17, 15) is 5.26 Å². The number of morpholine rings is 1. The minimum atomic E-state index is 0.438. The van der Waals surface area contributed by atoms with E-state index >= 15 is 0 Å². The van der Waals surface area contributed by atoms with Crippen LogP contribution in [0.25, 0.3) is 21.1 Å². The normalized spacial score (nSPS) is 14.2. The molecule has 5 rings (SSSR count). The summed E-state index contributed by atoms with van der Waals surface area (Å²) in [6.07, 6.45) is 2.49. The van der Waals surface area contributed by atoms with Crippen molar-refractivity contribution in [1.82, 2.24) is 14.9 Å². The predicted octanol–water partition coefficient (Wildman–Crippen LogP) is 4.57. The van der Waals surface area contributed by atoms with Crippen LogP contribution in [0.2, 0.25) is 0 Å². The zero-order chi connectivity index (χ0) is 23.3. The van der Waals surface area contributed by atoms with Crippen LogP contribution in [-0.2, 0) is 4.74 Å². The number of aromatic nitrogens is 2. The molecule has 0 radical (unpaired) electrons. The first-order valence-corrected chi connectivity index (χ1v) is 12.0. The van der Waals surface area contributed by atoms with Gasteiger partial charge in [0.1, 0.15) is 6.07 Å². The Kier molecular flexibility index (Phi) is 6.72. The molecule has 3 heterocycles. The molecule has 2 aromatic carbocycles. The van der Waals surface area contributed by atoms with Gasteiger partial charge in [-0.2, -0.15) is 5.26 Å². The zero-order valence-corrected chi connectivity index (χ0v) is 19.7. The number of pyridine rings is 1. The smallest absolute Gasteiger partial charge is 0.188 e. The molecule has 2 aromatic heterocycles. The number of methoxy groups -OCH3 is 1. The van der Waals surface area contributed by atoms with Gasteiger partial charge in [0.15, 0.2) is 16.6 Å². The molecule has 34 heavy (non-hydrogen) atoms. The van der Waals surface area contributed by atoms with Gasteiger partial charge in [-0.25, -0.2) is 4.98 Å². The number of benzene rings is 2. The number of fused-ring (bicyclic) bond motifs is 2. The highest BCUT2D eigenvalue weighted by Gasteiger charge is 2.16. The number of nitrogens with one attached hydrogen (secondary N) is 1. The minimum absolute atomic E-state index is 0.438. The van der Waals surface area contributed by atoms with E-state index in [1.54, 1.807) is 13.3 Å². The molecular weight excluding hydrogens is 450 g/mol. The van der Waals surface area contributed by atoms with E-state index in [0.29, 0.717) is 40.0 Å². The molecule has 8 nitrogen and oxygen atoms in total. The second-order valence-electron chi connectivity index (χ2n) is 7.95. The van der Waals surface area contributed by atoms with Gasteiger partial charge in [0.25, 0.3) is 0 Å². The average Bonchev–Trinajstić information content (AvgIpc) is 3.29. The highest BCUT2D eigenvalue weighted by atomic mass is 32.1. The number of nitrogens with zero attached hydrogens (tertiary/aromatic N) is 4. The lowest BCUT2D eigenvalue weighted by Crippen LogP contribution is -2.37. The van der Waals surface area contributed by atoms with Crippen LogP contribution in [-0.4, -0.2) is 61.4 Å². The van der Waals surface area contributed by atoms with E-state index in [-0.39, 0.29) is 0 Å². The van der Waals surface area contributed by atoms with Crippen LogP contribution in [0, 0.1) is 11.3 Å². The fourth-order valence-electron chi connectivity index (χ4n) is 4.02. The molecule has 0 amide bonds. The van der Waals surface area contributed by atoms with Crippen molar-refractivity contribution in [2.75, 3.05) is 51.9 Å². The number of ether oxygens (including phenoxy) is 3. The third-order valence-electron chi connectivity index (χ3n) is 5.78. The lowest BCUT2D eigenvalue weighted by atomic mass is 10.1.